The molecular formula is C16H23N5. The zero-order valence-corrected chi connectivity index (χ0v) is 12.6. The number of hydrogen-bond acceptors (Lipinski definition) is 4. The van der Waals surface area contributed by atoms with Crippen LogP contribution in [0.3, 0.4) is 0 Å². The summed E-state index contributed by atoms with van der Waals surface area (Å²) in [5.74, 6) is 0. The molecule has 3 rings (SSSR count). The lowest BCUT2D eigenvalue weighted by molar-refractivity contribution is 0.328. The molecule has 1 atom stereocenters. The van der Waals surface area contributed by atoms with E-state index in [1.807, 2.05) is 6.92 Å². The summed E-state index contributed by atoms with van der Waals surface area (Å²) in [6.45, 7) is 1.92. The van der Waals surface area contributed by atoms with Crippen molar-refractivity contribution in [2.45, 2.75) is 57.5 Å². The second kappa shape index (κ2) is 6.35. The fourth-order valence-corrected chi connectivity index (χ4v) is 2.96. The number of rotatable bonds is 4. The van der Waals surface area contributed by atoms with E-state index in [9.17, 15) is 0 Å². The summed E-state index contributed by atoms with van der Waals surface area (Å²) in [6, 6.07) is 2.51. The van der Waals surface area contributed by atoms with Gasteiger partial charge in [0, 0.05) is 18.8 Å². The molecule has 112 valence electrons. The molecule has 2 aromatic rings. The number of aryl methyl sites for hydroxylation is 1. The number of aromatic nitrogens is 4. The van der Waals surface area contributed by atoms with Gasteiger partial charge in [-0.25, -0.2) is 0 Å². The molecule has 1 aliphatic carbocycles. The summed E-state index contributed by atoms with van der Waals surface area (Å²) in [5.41, 5.74) is 8.99. The average molecular weight is 285 g/mol. The molecule has 21 heavy (non-hydrogen) atoms. The van der Waals surface area contributed by atoms with Gasteiger partial charge < -0.3 is 5.73 Å². The quantitative estimate of drug-likeness (QED) is 0.937. The maximum Gasteiger partial charge on any atom is 0.0758 e. The Balaban J connectivity index is 1.64. The van der Waals surface area contributed by atoms with E-state index in [1.54, 1.807) is 12.4 Å². The lowest BCUT2D eigenvalue weighted by atomic mass is 9.96. The molecule has 0 radical (unpaired) electrons. The van der Waals surface area contributed by atoms with Gasteiger partial charge in [-0.2, -0.15) is 5.10 Å². The van der Waals surface area contributed by atoms with Crippen molar-refractivity contribution in [1.82, 2.24) is 19.7 Å². The molecule has 1 fully saturated rings. The Kier molecular flexibility index (Phi) is 4.29. The standard InChI is InChI=1S/C16H23N5/c1-12-10-19-16(11-18-12)15(17)9-13-7-8-21(20-13)14-5-3-2-4-6-14/h7-8,10-11,14-15H,2-6,9,17H2,1H3. The van der Waals surface area contributed by atoms with Gasteiger partial charge in [0.1, 0.15) is 0 Å². The van der Waals surface area contributed by atoms with Crippen LogP contribution in [0.25, 0.3) is 0 Å². The average Bonchev–Trinajstić information content (AvgIpc) is 2.97. The van der Waals surface area contributed by atoms with Gasteiger partial charge in [-0.15, -0.1) is 0 Å². The van der Waals surface area contributed by atoms with Crippen molar-refractivity contribution in [2.75, 3.05) is 0 Å². The van der Waals surface area contributed by atoms with E-state index < -0.39 is 0 Å². The maximum absolute atomic E-state index is 6.21. The summed E-state index contributed by atoms with van der Waals surface area (Å²) < 4.78 is 2.13. The van der Waals surface area contributed by atoms with Gasteiger partial charge in [-0.3, -0.25) is 14.6 Å². The van der Waals surface area contributed by atoms with Crippen molar-refractivity contribution >= 4 is 0 Å². The van der Waals surface area contributed by atoms with Crippen molar-refractivity contribution in [2.24, 2.45) is 5.73 Å². The van der Waals surface area contributed by atoms with Gasteiger partial charge in [0.15, 0.2) is 0 Å². The molecule has 0 aliphatic heterocycles. The van der Waals surface area contributed by atoms with Crippen LogP contribution in [0.4, 0.5) is 0 Å². The monoisotopic (exact) mass is 285 g/mol. The minimum atomic E-state index is -0.146. The lowest BCUT2D eigenvalue weighted by Gasteiger charge is -2.21. The highest BCUT2D eigenvalue weighted by molar-refractivity contribution is 5.10. The van der Waals surface area contributed by atoms with E-state index in [-0.39, 0.29) is 6.04 Å². The Hall–Kier alpha value is -1.75. The Bertz CT molecular complexity index is 569. The highest BCUT2D eigenvalue weighted by atomic mass is 15.3. The summed E-state index contributed by atoms with van der Waals surface area (Å²) in [5, 5.41) is 4.71. The van der Waals surface area contributed by atoms with Crippen LogP contribution in [0.15, 0.2) is 24.7 Å². The second-order valence-corrected chi connectivity index (χ2v) is 5.97. The third kappa shape index (κ3) is 3.47. The molecule has 0 aromatic carbocycles. The first kappa shape index (κ1) is 14.2. The molecule has 2 aromatic heterocycles. The maximum atomic E-state index is 6.21. The van der Waals surface area contributed by atoms with Crippen molar-refractivity contribution < 1.29 is 0 Å². The van der Waals surface area contributed by atoms with Gasteiger partial charge in [-0.1, -0.05) is 19.3 Å². The van der Waals surface area contributed by atoms with Crippen molar-refractivity contribution in [3.8, 4) is 0 Å². The smallest absolute Gasteiger partial charge is 0.0758 e. The van der Waals surface area contributed by atoms with Gasteiger partial charge in [0.05, 0.1) is 35.4 Å². The van der Waals surface area contributed by atoms with E-state index in [4.69, 9.17) is 10.8 Å². The topological polar surface area (TPSA) is 69.6 Å². The van der Waals surface area contributed by atoms with Gasteiger partial charge in [-0.05, 0) is 25.8 Å². The van der Waals surface area contributed by atoms with E-state index in [1.165, 1.54) is 32.1 Å². The largest absolute Gasteiger partial charge is 0.322 e. The lowest BCUT2D eigenvalue weighted by Crippen LogP contribution is -2.17. The molecule has 0 amide bonds. The molecule has 2 heterocycles. The fraction of sp³-hybridized carbons (Fsp3) is 0.562. The van der Waals surface area contributed by atoms with Gasteiger partial charge in [0.2, 0.25) is 0 Å². The molecule has 1 unspecified atom stereocenters. The van der Waals surface area contributed by atoms with Crippen LogP contribution < -0.4 is 5.73 Å². The third-order valence-electron chi connectivity index (χ3n) is 4.22. The third-order valence-corrected chi connectivity index (χ3v) is 4.22. The minimum absolute atomic E-state index is 0.146. The number of hydrogen-bond donors (Lipinski definition) is 1. The van der Waals surface area contributed by atoms with Crippen molar-refractivity contribution in [3.05, 3.63) is 41.7 Å². The first-order valence-electron chi connectivity index (χ1n) is 7.80. The van der Waals surface area contributed by atoms with Crippen LogP contribution in [0.2, 0.25) is 0 Å². The first-order valence-corrected chi connectivity index (χ1v) is 7.80. The van der Waals surface area contributed by atoms with Crippen LogP contribution >= 0.6 is 0 Å². The Morgan fingerprint density at radius 2 is 2.05 bits per heavy atom. The molecule has 5 heteroatoms. The SMILES string of the molecule is Cc1cnc(C(N)Cc2ccn(C3CCCCC3)n2)cn1. The van der Waals surface area contributed by atoms with Crippen LogP contribution in [-0.2, 0) is 6.42 Å². The molecule has 1 saturated carbocycles. The zero-order valence-electron chi connectivity index (χ0n) is 12.6. The molecule has 0 bridgehead atoms. The highest BCUT2D eigenvalue weighted by Gasteiger charge is 2.17. The Labute approximate surface area is 125 Å². The predicted molar refractivity (Wildman–Crippen MR) is 81.8 cm³/mol. The zero-order chi connectivity index (χ0) is 14.7. The predicted octanol–water partition coefficient (Wildman–Crippen LogP) is 2.73. The van der Waals surface area contributed by atoms with E-state index in [0.29, 0.717) is 12.5 Å². The Morgan fingerprint density at radius 3 is 2.76 bits per heavy atom. The normalized spacial score (nSPS) is 17.8. The van der Waals surface area contributed by atoms with E-state index in [2.05, 4.69) is 26.9 Å². The molecule has 2 N–H and O–H groups in total. The summed E-state index contributed by atoms with van der Waals surface area (Å²) in [4.78, 5) is 8.60. The van der Waals surface area contributed by atoms with Crippen LogP contribution in [0, 0.1) is 6.92 Å². The molecule has 1 aliphatic rings. The molecular weight excluding hydrogens is 262 g/mol. The van der Waals surface area contributed by atoms with Crippen molar-refractivity contribution in [3.63, 3.8) is 0 Å². The molecule has 5 nitrogen and oxygen atoms in total. The summed E-state index contributed by atoms with van der Waals surface area (Å²) in [7, 11) is 0. The summed E-state index contributed by atoms with van der Waals surface area (Å²) in [6.07, 6.45) is 12.8. The van der Waals surface area contributed by atoms with Crippen LogP contribution in [0.5, 0.6) is 0 Å². The molecule has 0 spiro atoms. The molecule has 0 saturated heterocycles. The van der Waals surface area contributed by atoms with Crippen LogP contribution in [0.1, 0.15) is 61.3 Å². The van der Waals surface area contributed by atoms with Gasteiger partial charge in [0.25, 0.3) is 0 Å². The van der Waals surface area contributed by atoms with E-state index in [0.717, 1.165) is 17.1 Å². The Morgan fingerprint density at radius 1 is 1.24 bits per heavy atom. The van der Waals surface area contributed by atoms with Gasteiger partial charge >= 0.3 is 0 Å². The fourth-order valence-electron chi connectivity index (χ4n) is 2.96. The highest BCUT2D eigenvalue weighted by Crippen LogP contribution is 2.27. The summed E-state index contributed by atoms with van der Waals surface area (Å²) >= 11 is 0. The first-order chi connectivity index (χ1) is 10.2. The van der Waals surface area contributed by atoms with Crippen molar-refractivity contribution in [1.29, 1.82) is 0 Å². The number of nitrogens with zero attached hydrogens (tertiary/aromatic N) is 4. The number of nitrogens with two attached hydrogens (primary N) is 1. The second-order valence-electron chi connectivity index (χ2n) is 5.97. The minimum Gasteiger partial charge on any atom is -0.322 e. The van der Waals surface area contributed by atoms with E-state index >= 15 is 0 Å². The van der Waals surface area contributed by atoms with Crippen LogP contribution in [-0.4, -0.2) is 19.7 Å².